The minimum absolute atomic E-state index is 0.225. The van der Waals surface area contributed by atoms with E-state index in [2.05, 4.69) is 25.7 Å². The average molecular weight is 214 g/mol. The second-order valence-electron chi connectivity index (χ2n) is 3.84. The van der Waals surface area contributed by atoms with Gasteiger partial charge < -0.3 is 15.8 Å². The zero-order chi connectivity index (χ0) is 11.8. The number of hydrogen-bond donors (Lipinski definition) is 2. The monoisotopic (exact) mass is 214 g/mol. The first-order chi connectivity index (χ1) is 7.02. The van der Waals surface area contributed by atoms with Crippen molar-refractivity contribution in [1.82, 2.24) is 5.32 Å². The molecule has 1 unspecified atom stereocenters. The van der Waals surface area contributed by atoms with Crippen LogP contribution in [0.25, 0.3) is 0 Å². The molecule has 0 fully saturated rings. The van der Waals surface area contributed by atoms with Crippen LogP contribution in [-0.4, -0.2) is 19.2 Å². The summed E-state index contributed by atoms with van der Waals surface area (Å²) in [6.07, 6.45) is 0.727. The Morgan fingerprint density at radius 3 is 2.53 bits per heavy atom. The number of ether oxygens (including phenoxy) is 1. The first-order valence-electron chi connectivity index (χ1n) is 5.32. The smallest absolute Gasteiger partial charge is 0.314 e. The average Bonchev–Trinajstić information content (AvgIpc) is 2.14. The van der Waals surface area contributed by atoms with Crippen molar-refractivity contribution in [2.75, 3.05) is 13.3 Å². The number of carbonyl (C=O) groups is 1. The molecule has 0 aliphatic carbocycles. The molecule has 0 saturated carbocycles. The van der Waals surface area contributed by atoms with Crippen LogP contribution in [0.2, 0.25) is 0 Å². The Labute approximate surface area is 91.9 Å². The maximum absolute atomic E-state index is 11.6. The normalized spacial score (nSPS) is 12.3. The van der Waals surface area contributed by atoms with Gasteiger partial charge in [0.05, 0.1) is 19.2 Å². The molecule has 0 radical (unpaired) electrons. The van der Waals surface area contributed by atoms with E-state index in [9.17, 15) is 4.79 Å². The van der Waals surface area contributed by atoms with Crippen LogP contribution in [0.3, 0.4) is 0 Å². The third kappa shape index (κ3) is 5.42. The van der Waals surface area contributed by atoms with Gasteiger partial charge in [-0.05, 0) is 19.3 Å². The highest BCUT2D eigenvalue weighted by molar-refractivity contribution is 5.75. The van der Waals surface area contributed by atoms with Crippen molar-refractivity contribution in [1.29, 1.82) is 0 Å². The van der Waals surface area contributed by atoms with Crippen molar-refractivity contribution >= 4 is 5.97 Å². The van der Waals surface area contributed by atoms with Crippen LogP contribution in [0.1, 0.15) is 27.2 Å². The highest BCUT2D eigenvalue weighted by atomic mass is 16.5. The SMILES string of the molecule is C=C(NCN)C(CC(C)C)C(=O)OCC. The zero-order valence-corrected chi connectivity index (χ0v) is 9.88. The molecule has 0 spiro atoms. The summed E-state index contributed by atoms with van der Waals surface area (Å²) in [6, 6.07) is 0. The molecule has 88 valence electrons. The topological polar surface area (TPSA) is 64.3 Å². The quantitative estimate of drug-likeness (QED) is 0.494. The third-order valence-corrected chi connectivity index (χ3v) is 2.03. The zero-order valence-electron chi connectivity index (χ0n) is 9.88. The van der Waals surface area contributed by atoms with Crippen LogP contribution in [0, 0.1) is 11.8 Å². The molecular weight excluding hydrogens is 192 g/mol. The van der Waals surface area contributed by atoms with Gasteiger partial charge in [-0.25, -0.2) is 0 Å². The standard InChI is InChI=1S/C11H22N2O2/c1-5-15-11(14)10(6-8(2)3)9(4)13-7-12/h8,10,13H,4-7,12H2,1-3H3. The Balaban J connectivity index is 4.42. The third-order valence-electron chi connectivity index (χ3n) is 2.03. The van der Waals surface area contributed by atoms with Gasteiger partial charge in [0.2, 0.25) is 0 Å². The van der Waals surface area contributed by atoms with Gasteiger partial charge in [-0.15, -0.1) is 0 Å². The highest BCUT2D eigenvalue weighted by Crippen LogP contribution is 2.18. The molecule has 0 aromatic carbocycles. The lowest BCUT2D eigenvalue weighted by Gasteiger charge is -2.20. The van der Waals surface area contributed by atoms with Crippen LogP contribution < -0.4 is 11.1 Å². The first kappa shape index (κ1) is 14.0. The number of esters is 1. The van der Waals surface area contributed by atoms with Gasteiger partial charge in [-0.1, -0.05) is 20.4 Å². The van der Waals surface area contributed by atoms with E-state index in [1.54, 1.807) is 6.92 Å². The van der Waals surface area contributed by atoms with E-state index in [0.29, 0.717) is 18.2 Å². The van der Waals surface area contributed by atoms with Crippen molar-refractivity contribution in [3.63, 3.8) is 0 Å². The molecule has 0 aliphatic rings. The second-order valence-corrected chi connectivity index (χ2v) is 3.84. The molecule has 0 rings (SSSR count). The van der Waals surface area contributed by atoms with E-state index in [1.807, 2.05) is 0 Å². The fraction of sp³-hybridized carbons (Fsp3) is 0.727. The summed E-state index contributed by atoms with van der Waals surface area (Å²) in [5, 5.41) is 2.87. The molecule has 4 heteroatoms. The van der Waals surface area contributed by atoms with Crippen molar-refractivity contribution in [3.8, 4) is 0 Å². The molecule has 0 heterocycles. The molecule has 0 aromatic rings. The summed E-state index contributed by atoms with van der Waals surface area (Å²) in [6.45, 7) is 10.4. The Morgan fingerprint density at radius 1 is 1.53 bits per heavy atom. The summed E-state index contributed by atoms with van der Waals surface area (Å²) < 4.78 is 4.99. The summed E-state index contributed by atoms with van der Waals surface area (Å²) in [5.74, 6) is -0.110. The minimum atomic E-state index is -0.298. The summed E-state index contributed by atoms with van der Waals surface area (Å²) >= 11 is 0. The maximum Gasteiger partial charge on any atom is 0.314 e. The van der Waals surface area contributed by atoms with Crippen molar-refractivity contribution in [2.45, 2.75) is 27.2 Å². The van der Waals surface area contributed by atoms with E-state index in [1.165, 1.54) is 0 Å². The van der Waals surface area contributed by atoms with Crippen LogP contribution in [0.5, 0.6) is 0 Å². The minimum Gasteiger partial charge on any atom is -0.465 e. The summed E-state index contributed by atoms with van der Waals surface area (Å²) in [5.41, 5.74) is 5.99. The summed E-state index contributed by atoms with van der Waals surface area (Å²) in [7, 11) is 0. The lowest BCUT2D eigenvalue weighted by atomic mass is 9.94. The van der Waals surface area contributed by atoms with Gasteiger partial charge in [0.15, 0.2) is 0 Å². The van der Waals surface area contributed by atoms with Gasteiger partial charge in [0.25, 0.3) is 0 Å². The van der Waals surface area contributed by atoms with E-state index < -0.39 is 0 Å². The Kier molecular flexibility index (Phi) is 6.79. The van der Waals surface area contributed by atoms with Gasteiger partial charge in [0.1, 0.15) is 0 Å². The number of hydrogen-bond acceptors (Lipinski definition) is 4. The highest BCUT2D eigenvalue weighted by Gasteiger charge is 2.23. The predicted octanol–water partition coefficient (Wildman–Crippen LogP) is 1.23. The largest absolute Gasteiger partial charge is 0.465 e. The van der Waals surface area contributed by atoms with Crippen LogP contribution >= 0.6 is 0 Å². The van der Waals surface area contributed by atoms with Gasteiger partial charge in [-0.3, -0.25) is 4.79 Å². The Bertz CT molecular complexity index is 197. The number of rotatable bonds is 7. The molecule has 3 N–H and O–H groups in total. The van der Waals surface area contributed by atoms with E-state index in [4.69, 9.17) is 10.5 Å². The number of nitrogens with two attached hydrogens (primary N) is 1. The van der Waals surface area contributed by atoms with Gasteiger partial charge in [-0.2, -0.15) is 0 Å². The first-order valence-corrected chi connectivity index (χ1v) is 5.32. The van der Waals surface area contributed by atoms with Gasteiger partial charge in [0, 0.05) is 5.70 Å². The molecule has 4 nitrogen and oxygen atoms in total. The maximum atomic E-state index is 11.6. The molecule has 0 saturated heterocycles. The van der Waals surface area contributed by atoms with E-state index >= 15 is 0 Å². The molecule has 0 aromatic heterocycles. The van der Waals surface area contributed by atoms with Crippen molar-refractivity contribution < 1.29 is 9.53 Å². The Morgan fingerprint density at radius 2 is 2.13 bits per heavy atom. The summed E-state index contributed by atoms with van der Waals surface area (Å²) in [4.78, 5) is 11.6. The lowest BCUT2D eigenvalue weighted by molar-refractivity contribution is -0.147. The number of nitrogens with one attached hydrogen (secondary N) is 1. The second kappa shape index (κ2) is 7.29. The fourth-order valence-corrected chi connectivity index (χ4v) is 1.35. The fourth-order valence-electron chi connectivity index (χ4n) is 1.35. The van der Waals surface area contributed by atoms with E-state index in [-0.39, 0.29) is 18.6 Å². The van der Waals surface area contributed by atoms with Crippen LogP contribution in [-0.2, 0) is 9.53 Å². The molecule has 0 aliphatic heterocycles. The van der Waals surface area contributed by atoms with Gasteiger partial charge >= 0.3 is 5.97 Å². The Hall–Kier alpha value is -1.03. The molecule has 1 atom stereocenters. The van der Waals surface area contributed by atoms with Crippen LogP contribution in [0.15, 0.2) is 12.3 Å². The predicted molar refractivity (Wildman–Crippen MR) is 60.9 cm³/mol. The molecule has 15 heavy (non-hydrogen) atoms. The van der Waals surface area contributed by atoms with Crippen LogP contribution in [0.4, 0.5) is 0 Å². The lowest BCUT2D eigenvalue weighted by Crippen LogP contribution is -2.31. The molecule has 0 amide bonds. The van der Waals surface area contributed by atoms with Crippen molar-refractivity contribution in [3.05, 3.63) is 12.3 Å². The molecular formula is C11H22N2O2. The van der Waals surface area contributed by atoms with Crippen molar-refractivity contribution in [2.24, 2.45) is 17.6 Å². The number of carbonyl (C=O) groups excluding carboxylic acids is 1. The van der Waals surface area contributed by atoms with E-state index in [0.717, 1.165) is 6.42 Å². The molecule has 0 bridgehead atoms.